The number of carbonyl (C=O) groups excluding carboxylic acids is 1. The van der Waals surface area contributed by atoms with Crippen LogP contribution in [0.3, 0.4) is 0 Å². The van der Waals surface area contributed by atoms with E-state index in [0.29, 0.717) is 12.5 Å². The number of piperidine rings is 1. The SMILES string of the molecule is O=C(Cc1cccs1)c1cccn1C1CCNCC1. The first-order valence-corrected chi connectivity index (χ1v) is 7.66. The molecular weight excluding hydrogens is 256 g/mol. The minimum atomic E-state index is 0.228. The molecule has 19 heavy (non-hydrogen) atoms. The van der Waals surface area contributed by atoms with Crippen LogP contribution in [-0.4, -0.2) is 23.4 Å². The molecular formula is C15H18N2OS. The van der Waals surface area contributed by atoms with Gasteiger partial charge in [0.05, 0.1) is 5.69 Å². The molecule has 0 saturated carbocycles. The van der Waals surface area contributed by atoms with E-state index >= 15 is 0 Å². The Hall–Kier alpha value is -1.39. The molecule has 0 bridgehead atoms. The van der Waals surface area contributed by atoms with E-state index in [1.807, 2.05) is 29.6 Å². The number of ketones is 1. The van der Waals surface area contributed by atoms with Gasteiger partial charge in [0.15, 0.2) is 5.78 Å². The van der Waals surface area contributed by atoms with E-state index < -0.39 is 0 Å². The molecule has 0 aliphatic carbocycles. The van der Waals surface area contributed by atoms with Crippen molar-refractivity contribution in [3.8, 4) is 0 Å². The molecule has 3 rings (SSSR count). The van der Waals surface area contributed by atoms with Gasteiger partial charge in [-0.2, -0.15) is 0 Å². The molecule has 4 heteroatoms. The molecule has 3 nitrogen and oxygen atoms in total. The normalized spacial score (nSPS) is 16.6. The Labute approximate surface area is 117 Å². The zero-order valence-electron chi connectivity index (χ0n) is 10.8. The first kappa shape index (κ1) is 12.6. The summed E-state index contributed by atoms with van der Waals surface area (Å²) in [5.41, 5.74) is 0.861. The van der Waals surface area contributed by atoms with Crippen molar-refractivity contribution in [2.45, 2.75) is 25.3 Å². The predicted octanol–water partition coefficient (Wildman–Crippen LogP) is 2.90. The Kier molecular flexibility index (Phi) is 3.80. The average molecular weight is 274 g/mol. The summed E-state index contributed by atoms with van der Waals surface area (Å²) in [5.74, 6) is 0.228. The Morgan fingerprint density at radius 2 is 2.16 bits per heavy atom. The van der Waals surface area contributed by atoms with E-state index in [0.717, 1.165) is 36.5 Å². The third kappa shape index (κ3) is 2.80. The zero-order chi connectivity index (χ0) is 13.1. The third-order valence-electron chi connectivity index (χ3n) is 3.68. The molecule has 0 aromatic carbocycles. The van der Waals surface area contributed by atoms with Crippen LogP contribution in [0, 0.1) is 0 Å². The first-order valence-electron chi connectivity index (χ1n) is 6.78. The molecule has 100 valence electrons. The first-order chi connectivity index (χ1) is 9.34. The van der Waals surface area contributed by atoms with Crippen LogP contribution in [0.2, 0.25) is 0 Å². The van der Waals surface area contributed by atoms with Crippen molar-refractivity contribution < 1.29 is 4.79 Å². The third-order valence-corrected chi connectivity index (χ3v) is 4.56. The smallest absolute Gasteiger partial charge is 0.184 e. The minimum absolute atomic E-state index is 0.228. The van der Waals surface area contributed by atoms with Crippen LogP contribution in [-0.2, 0) is 6.42 Å². The summed E-state index contributed by atoms with van der Waals surface area (Å²) in [4.78, 5) is 13.5. The lowest BCUT2D eigenvalue weighted by Crippen LogP contribution is -2.30. The molecule has 0 amide bonds. The summed E-state index contributed by atoms with van der Waals surface area (Å²) < 4.78 is 2.18. The van der Waals surface area contributed by atoms with Crippen LogP contribution >= 0.6 is 11.3 Å². The topological polar surface area (TPSA) is 34.0 Å². The molecule has 0 radical (unpaired) electrons. The number of aromatic nitrogens is 1. The number of hydrogen-bond acceptors (Lipinski definition) is 3. The average Bonchev–Trinajstić information content (AvgIpc) is 3.10. The van der Waals surface area contributed by atoms with Crippen LogP contribution in [0.4, 0.5) is 0 Å². The van der Waals surface area contributed by atoms with Gasteiger partial charge in [0.25, 0.3) is 0 Å². The Morgan fingerprint density at radius 3 is 2.89 bits per heavy atom. The Balaban J connectivity index is 1.77. The van der Waals surface area contributed by atoms with Gasteiger partial charge in [-0.05, 0) is 49.5 Å². The molecule has 2 aromatic rings. The van der Waals surface area contributed by atoms with Gasteiger partial charge in [-0.1, -0.05) is 6.07 Å². The minimum Gasteiger partial charge on any atom is -0.342 e. The second-order valence-corrected chi connectivity index (χ2v) is 5.99. The number of thiophene rings is 1. The Bertz CT molecular complexity index is 538. The van der Waals surface area contributed by atoms with E-state index in [-0.39, 0.29) is 5.78 Å². The molecule has 0 unspecified atom stereocenters. The Morgan fingerprint density at radius 1 is 1.32 bits per heavy atom. The van der Waals surface area contributed by atoms with Crippen LogP contribution in [0.25, 0.3) is 0 Å². The van der Waals surface area contributed by atoms with Gasteiger partial charge in [-0.3, -0.25) is 4.79 Å². The van der Waals surface area contributed by atoms with Gasteiger partial charge in [0.2, 0.25) is 0 Å². The van der Waals surface area contributed by atoms with Gasteiger partial charge in [-0.25, -0.2) is 0 Å². The van der Waals surface area contributed by atoms with E-state index in [2.05, 4.69) is 16.1 Å². The van der Waals surface area contributed by atoms with Crippen molar-refractivity contribution >= 4 is 17.1 Å². The molecule has 0 spiro atoms. The van der Waals surface area contributed by atoms with Crippen LogP contribution in [0.15, 0.2) is 35.8 Å². The fourth-order valence-electron chi connectivity index (χ4n) is 2.70. The standard InChI is InChI=1S/C15H18N2OS/c18-15(11-13-3-2-10-19-13)14-4-1-9-17(14)12-5-7-16-8-6-12/h1-4,9-10,12,16H,5-8,11H2. The van der Waals surface area contributed by atoms with Crippen molar-refractivity contribution in [3.63, 3.8) is 0 Å². The summed E-state index contributed by atoms with van der Waals surface area (Å²) in [6.45, 7) is 2.09. The maximum atomic E-state index is 12.4. The molecule has 2 aromatic heterocycles. The van der Waals surface area contributed by atoms with Crippen molar-refractivity contribution in [2.24, 2.45) is 0 Å². The van der Waals surface area contributed by atoms with Crippen molar-refractivity contribution in [1.82, 2.24) is 9.88 Å². The fraction of sp³-hybridized carbons (Fsp3) is 0.400. The largest absolute Gasteiger partial charge is 0.342 e. The lowest BCUT2D eigenvalue weighted by Gasteiger charge is -2.25. The van der Waals surface area contributed by atoms with Crippen molar-refractivity contribution in [3.05, 3.63) is 46.4 Å². The number of rotatable bonds is 4. The van der Waals surface area contributed by atoms with Gasteiger partial charge in [0.1, 0.15) is 0 Å². The quantitative estimate of drug-likeness (QED) is 0.870. The van der Waals surface area contributed by atoms with Gasteiger partial charge in [-0.15, -0.1) is 11.3 Å². The molecule has 0 atom stereocenters. The molecule has 1 aliphatic rings. The second-order valence-electron chi connectivity index (χ2n) is 4.96. The fourth-order valence-corrected chi connectivity index (χ4v) is 3.40. The van der Waals surface area contributed by atoms with E-state index in [9.17, 15) is 4.79 Å². The maximum Gasteiger partial charge on any atom is 0.184 e. The highest BCUT2D eigenvalue weighted by Crippen LogP contribution is 2.22. The summed E-state index contributed by atoms with van der Waals surface area (Å²) in [6.07, 6.45) is 4.78. The van der Waals surface area contributed by atoms with E-state index in [1.54, 1.807) is 11.3 Å². The molecule has 3 heterocycles. The highest BCUT2D eigenvalue weighted by Gasteiger charge is 2.20. The van der Waals surface area contributed by atoms with Crippen molar-refractivity contribution in [2.75, 3.05) is 13.1 Å². The van der Waals surface area contributed by atoms with Gasteiger partial charge >= 0.3 is 0 Å². The lowest BCUT2D eigenvalue weighted by molar-refractivity contribution is 0.0981. The monoisotopic (exact) mass is 274 g/mol. The number of nitrogens with zero attached hydrogens (tertiary/aromatic N) is 1. The van der Waals surface area contributed by atoms with Gasteiger partial charge < -0.3 is 9.88 Å². The second kappa shape index (κ2) is 5.72. The number of Topliss-reactive ketones (excluding diaryl/α,β-unsaturated/α-hetero) is 1. The maximum absolute atomic E-state index is 12.4. The molecule has 1 aliphatic heterocycles. The zero-order valence-corrected chi connectivity index (χ0v) is 11.7. The molecule has 1 saturated heterocycles. The number of nitrogens with one attached hydrogen (secondary N) is 1. The lowest BCUT2D eigenvalue weighted by atomic mass is 10.1. The summed E-state index contributed by atoms with van der Waals surface area (Å²) in [7, 11) is 0. The van der Waals surface area contributed by atoms with E-state index in [1.165, 1.54) is 0 Å². The van der Waals surface area contributed by atoms with E-state index in [4.69, 9.17) is 0 Å². The summed E-state index contributed by atoms with van der Waals surface area (Å²) >= 11 is 1.65. The molecule has 1 fully saturated rings. The number of hydrogen-bond donors (Lipinski definition) is 1. The van der Waals surface area contributed by atoms with Crippen molar-refractivity contribution in [1.29, 1.82) is 0 Å². The van der Waals surface area contributed by atoms with Gasteiger partial charge in [0, 0.05) is 23.5 Å². The highest BCUT2D eigenvalue weighted by atomic mass is 32.1. The predicted molar refractivity (Wildman–Crippen MR) is 77.9 cm³/mol. The van der Waals surface area contributed by atoms with Crippen LogP contribution in [0.1, 0.15) is 34.2 Å². The summed E-state index contributed by atoms with van der Waals surface area (Å²) in [5, 5.41) is 5.39. The van der Waals surface area contributed by atoms with Crippen LogP contribution < -0.4 is 5.32 Å². The van der Waals surface area contributed by atoms with Crippen LogP contribution in [0.5, 0.6) is 0 Å². The highest BCUT2D eigenvalue weighted by molar-refractivity contribution is 7.10. The molecule has 1 N–H and O–H groups in total. The summed E-state index contributed by atoms with van der Waals surface area (Å²) in [6, 6.07) is 8.44. The number of carbonyl (C=O) groups is 1.